The fourth-order valence-electron chi connectivity index (χ4n) is 4.75. The Kier molecular flexibility index (Phi) is 8.73. The molecule has 2 aliphatic heterocycles. The van der Waals surface area contributed by atoms with Crippen molar-refractivity contribution in [3.8, 4) is 0 Å². The highest BCUT2D eigenvalue weighted by Crippen LogP contribution is 2.29. The molecule has 5 rings (SSSR count). The molecule has 0 N–H and O–H groups in total. The van der Waals surface area contributed by atoms with Crippen LogP contribution in [0, 0.1) is 0 Å². The molecule has 2 aliphatic rings. The van der Waals surface area contributed by atoms with Crippen LogP contribution in [0.15, 0.2) is 103 Å². The summed E-state index contributed by atoms with van der Waals surface area (Å²) in [7, 11) is 0. The first-order valence-electron chi connectivity index (χ1n) is 12.8. The lowest BCUT2D eigenvalue weighted by Crippen LogP contribution is -2.62. The number of carbonyl (C=O) groups excluding carboxylic acids is 2. The van der Waals surface area contributed by atoms with E-state index in [9.17, 15) is 9.59 Å². The van der Waals surface area contributed by atoms with Crippen molar-refractivity contribution in [3.05, 3.63) is 120 Å². The molecule has 4 atom stereocenters. The molecular weight excluding hydrogens is 482 g/mol. The van der Waals surface area contributed by atoms with E-state index in [1.807, 2.05) is 91.0 Å². The van der Waals surface area contributed by atoms with Gasteiger partial charge in [0.05, 0.1) is 39.1 Å². The number of imide groups is 1. The molecule has 196 valence electrons. The molecule has 0 saturated carbocycles. The number of rotatable bonds is 11. The van der Waals surface area contributed by atoms with Gasteiger partial charge in [-0.25, -0.2) is 0 Å². The largest absolute Gasteiger partial charge is 0.374 e. The molecule has 0 aliphatic carbocycles. The zero-order chi connectivity index (χ0) is 26.2. The summed E-state index contributed by atoms with van der Waals surface area (Å²) in [4.78, 5) is 26.5. The summed E-state index contributed by atoms with van der Waals surface area (Å²) in [6.45, 7) is 1.45. The molecule has 3 unspecified atom stereocenters. The number of carbonyl (C=O) groups is 2. The van der Waals surface area contributed by atoms with Gasteiger partial charge < -0.3 is 18.9 Å². The lowest BCUT2D eigenvalue weighted by molar-refractivity contribution is -0.221. The fourth-order valence-corrected chi connectivity index (χ4v) is 4.75. The molecule has 0 aromatic heterocycles. The third-order valence-electron chi connectivity index (χ3n) is 6.69. The average Bonchev–Trinajstić information content (AvgIpc) is 3.30. The Hall–Kier alpha value is -3.62. The van der Waals surface area contributed by atoms with Crippen LogP contribution in [0.3, 0.4) is 0 Å². The summed E-state index contributed by atoms with van der Waals surface area (Å²) in [5, 5.41) is 0. The molecule has 1 fully saturated rings. The van der Waals surface area contributed by atoms with Crippen molar-refractivity contribution < 1.29 is 28.5 Å². The summed E-state index contributed by atoms with van der Waals surface area (Å²) >= 11 is 0. The first-order valence-corrected chi connectivity index (χ1v) is 12.8. The van der Waals surface area contributed by atoms with Crippen LogP contribution in [0.1, 0.15) is 16.7 Å². The Balaban J connectivity index is 1.37. The van der Waals surface area contributed by atoms with Gasteiger partial charge in [0.15, 0.2) is 0 Å². The first-order chi connectivity index (χ1) is 18.7. The highest BCUT2D eigenvalue weighted by molar-refractivity contribution is 6.13. The molecule has 1 saturated heterocycles. The predicted molar refractivity (Wildman–Crippen MR) is 141 cm³/mol. The van der Waals surface area contributed by atoms with Crippen LogP contribution in [0.5, 0.6) is 0 Å². The predicted octanol–water partition coefficient (Wildman–Crippen LogP) is 4.07. The van der Waals surface area contributed by atoms with Crippen molar-refractivity contribution in [2.75, 3.05) is 13.2 Å². The number of nitrogens with zero attached hydrogens (tertiary/aromatic N) is 1. The van der Waals surface area contributed by atoms with E-state index in [-0.39, 0.29) is 25.0 Å². The second kappa shape index (κ2) is 12.8. The number of hydrogen-bond donors (Lipinski definition) is 0. The van der Waals surface area contributed by atoms with E-state index in [2.05, 4.69) is 0 Å². The minimum atomic E-state index is -0.639. The van der Waals surface area contributed by atoms with E-state index in [0.29, 0.717) is 19.8 Å². The second-order valence-corrected chi connectivity index (χ2v) is 9.34. The van der Waals surface area contributed by atoms with Crippen LogP contribution in [-0.2, 0) is 48.4 Å². The standard InChI is InChI=1S/C31H31NO6/c33-28-16-17-29(34)32(28)26-21-36-27(22-35-18-23-10-4-1-5-11-23)31(38-20-25-14-8-3-9-15-25)30(26)37-19-24-12-6-2-7-13-24/h1-17,26-27,30-31H,18-22H2/t26-,27?,30?,31?/m1/s1. The monoisotopic (exact) mass is 513 g/mol. The highest BCUT2D eigenvalue weighted by atomic mass is 16.6. The van der Waals surface area contributed by atoms with E-state index in [4.69, 9.17) is 18.9 Å². The van der Waals surface area contributed by atoms with E-state index < -0.39 is 24.4 Å². The van der Waals surface area contributed by atoms with Gasteiger partial charge in [-0.3, -0.25) is 14.5 Å². The van der Waals surface area contributed by atoms with Gasteiger partial charge in [0.2, 0.25) is 0 Å². The lowest BCUT2D eigenvalue weighted by Gasteiger charge is -2.44. The smallest absolute Gasteiger partial charge is 0.254 e. The summed E-state index contributed by atoms with van der Waals surface area (Å²) in [5.41, 5.74) is 3.03. The number of benzene rings is 3. The minimum absolute atomic E-state index is 0.128. The maximum atomic E-state index is 12.6. The van der Waals surface area contributed by atoms with E-state index >= 15 is 0 Å². The molecule has 7 heteroatoms. The van der Waals surface area contributed by atoms with Gasteiger partial charge in [0, 0.05) is 12.2 Å². The fraction of sp³-hybridized carbons (Fsp3) is 0.290. The second-order valence-electron chi connectivity index (χ2n) is 9.34. The zero-order valence-electron chi connectivity index (χ0n) is 21.1. The Morgan fingerprint density at radius 1 is 0.658 bits per heavy atom. The van der Waals surface area contributed by atoms with Crippen LogP contribution >= 0.6 is 0 Å². The molecule has 0 bridgehead atoms. The average molecular weight is 514 g/mol. The molecule has 7 nitrogen and oxygen atoms in total. The van der Waals surface area contributed by atoms with Crippen LogP contribution in [0.4, 0.5) is 0 Å². The van der Waals surface area contributed by atoms with E-state index in [1.165, 1.54) is 17.1 Å². The summed E-state index contributed by atoms with van der Waals surface area (Å²) in [6, 6.07) is 28.9. The Bertz CT molecular complexity index is 1200. The van der Waals surface area contributed by atoms with Gasteiger partial charge in [0.1, 0.15) is 18.3 Å². The number of amides is 2. The Labute approximate surface area is 222 Å². The van der Waals surface area contributed by atoms with Gasteiger partial charge >= 0.3 is 0 Å². The van der Waals surface area contributed by atoms with Crippen molar-refractivity contribution >= 4 is 11.8 Å². The van der Waals surface area contributed by atoms with Crippen LogP contribution in [0.25, 0.3) is 0 Å². The maximum Gasteiger partial charge on any atom is 0.254 e. The summed E-state index contributed by atoms with van der Waals surface area (Å²) in [6.07, 6.45) is 0.900. The molecule has 0 radical (unpaired) electrons. The molecule has 0 spiro atoms. The van der Waals surface area contributed by atoms with Crippen LogP contribution in [0.2, 0.25) is 0 Å². The first kappa shape index (κ1) is 26.0. The van der Waals surface area contributed by atoms with E-state index in [0.717, 1.165) is 16.7 Å². The highest BCUT2D eigenvalue weighted by Gasteiger charge is 2.48. The molecule has 2 heterocycles. The van der Waals surface area contributed by atoms with Gasteiger partial charge in [-0.15, -0.1) is 0 Å². The molecule has 2 amide bonds. The van der Waals surface area contributed by atoms with Crippen molar-refractivity contribution in [2.45, 2.75) is 44.2 Å². The van der Waals surface area contributed by atoms with Crippen molar-refractivity contribution in [1.29, 1.82) is 0 Å². The van der Waals surface area contributed by atoms with Gasteiger partial charge in [-0.2, -0.15) is 0 Å². The maximum absolute atomic E-state index is 12.6. The van der Waals surface area contributed by atoms with Crippen molar-refractivity contribution in [1.82, 2.24) is 4.90 Å². The van der Waals surface area contributed by atoms with Crippen molar-refractivity contribution in [2.24, 2.45) is 0 Å². The molecule has 3 aromatic rings. The topological polar surface area (TPSA) is 74.3 Å². The van der Waals surface area contributed by atoms with Gasteiger partial charge in [-0.05, 0) is 16.7 Å². The van der Waals surface area contributed by atoms with Crippen LogP contribution < -0.4 is 0 Å². The zero-order valence-corrected chi connectivity index (χ0v) is 21.1. The molecule has 38 heavy (non-hydrogen) atoms. The summed E-state index contributed by atoms with van der Waals surface area (Å²) in [5.74, 6) is -0.755. The Morgan fingerprint density at radius 2 is 1.13 bits per heavy atom. The third kappa shape index (κ3) is 6.44. The van der Waals surface area contributed by atoms with Gasteiger partial charge in [0.25, 0.3) is 11.8 Å². The number of ether oxygens (including phenoxy) is 4. The van der Waals surface area contributed by atoms with Gasteiger partial charge in [-0.1, -0.05) is 91.0 Å². The normalized spacial score (nSPS) is 23.2. The Morgan fingerprint density at radius 3 is 1.66 bits per heavy atom. The molecule has 3 aromatic carbocycles. The third-order valence-corrected chi connectivity index (χ3v) is 6.69. The quantitative estimate of drug-likeness (QED) is 0.360. The molecular formula is C31H31NO6. The minimum Gasteiger partial charge on any atom is -0.374 e. The van der Waals surface area contributed by atoms with Crippen LogP contribution in [-0.4, -0.2) is 54.3 Å². The SMILES string of the molecule is O=C1C=CC(=O)N1[C@@H]1COC(COCc2ccccc2)C(OCc2ccccc2)C1OCc1ccccc1. The van der Waals surface area contributed by atoms with E-state index in [1.54, 1.807) is 0 Å². The summed E-state index contributed by atoms with van der Waals surface area (Å²) < 4.78 is 25.2. The number of hydrogen-bond acceptors (Lipinski definition) is 6. The lowest BCUT2D eigenvalue weighted by atomic mass is 9.96. The van der Waals surface area contributed by atoms with Crippen molar-refractivity contribution in [3.63, 3.8) is 0 Å².